The standard InChI is InChI=1S/C21H24N4O4/c1-12(23-13-5-7-14(8-6-13)25(2)21(22)27)9-16-15-10-18(28-3)19(29-4)11-17(15)24-20(16)26/h5-12,23H,1-4H3,(H2,22,27)(H,24,26). The number of rotatable bonds is 6. The van der Waals surface area contributed by atoms with Gasteiger partial charge in [-0.3, -0.25) is 9.69 Å². The van der Waals surface area contributed by atoms with E-state index in [1.165, 1.54) is 4.90 Å². The molecule has 0 saturated carbocycles. The highest BCUT2D eigenvalue weighted by atomic mass is 16.5. The molecule has 0 spiro atoms. The first-order valence-corrected chi connectivity index (χ1v) is 9.03. The second kappa shape index (κ2) is 8.14. The van der Waals surface area contributed by atoms with Crippen LogP contribution in [0, 0.1) is 0 Å². The fourth-order valence-corrected chi connectivity index (χ4v) is 3.15. The van der Waals surface area contributed by atoms with Gasteiger partial charge in [0.05, 0.1) is 19.9 Å². The van der Waals surface area contributed by atoms with Crippen LogP contribution in [0.5, 0.6) is 11.5 Å². The lowest BCUT2D eigenvalue weighted by Crippen LogP contribution is -2.31. The highest BCUT2D eigenvalue weighted by molar-refractivity contribution is 6.31. The quantitative estimate of drug-likeness (QED) is 0.651. The van der Waals surface area contributed by atoms with Crippen LogP contribution in [0.4, 0.5) is 21.9 Å². The van der Waals surface area contributed by atoms with Gasteiger partial charge in [-0.2, -0.15) is 0 Å². The summed E-state index contributed by atoms with van der Waals surface area (Å²) in [7, 11) is 4.72. The van der Waals surface area contributed by atoms with Crippen molar-refractivity contribution in [3.8, 4) is 11.5 Å². The Morgan fingerprint density at radius 3 is 2.38 bits per heavy atom. The maximum absolute atomic E-state index is 12.5. The van der Waals surface area contributed by atoms with Crippen LogP contribution in [0.25, 0.3) is 5.57 Å². The predicted molar refractivity (Wildman–Crippen MR) is 114 cm³/mol. The topological polar surface area (TPSA) is 106 Å². The van der Waals surface area contributed by atoms with Crippen molar-refractivity contribution in [1.82, 2.24) is 0 Å². The maximum Gasteiger partial charge on any atom is 0.318 e. The van der Waals surface area contributed by atoms with Crippen LogP contribution >= 0.6 is 0 Å². The van der Waals surface area contributed by atoms with Gasteiger partial charge in [0.25, 0.3) is 5.91 Å². The van der Waals surface area contributed by atoms with Crippen molar-refractivity contribution in [3.63, 3.8) is 0 Å². The second-order valence-electron chi connectivity index (χ2n) is 6.66. The minimum absolute atomic E-state index is 0.130. The van der Waals surface area contributed by atoms with Gasteiger partial charge in [-0.05, 0) is 43.3 Å². The number of nitrogens with two attached hydrogens (primary N) is 1. The molecule has 0 saturated heterocycles. The van der Waals surface area contributed by atoms with Gasteiger partial charge in [-0.15, -0.1) is 0 Å². The molecule has 1 unspecified atom stereocenters. The molecule has 0 bridgehead atoms. The van der Waals surface area contributed by atoms with Crippen molar-refractivity contribution in [2.75, 3.05) is 36.8 Å². The number of amides is 3. The van der Waals surface area contributed by atoms with Crippen molar-refractivity contribution in [1.29, 1.82) is 0 Å². The summed E-state index contributed by atoms with van der Waals surface area (Å²) in [4.78, 5) is 25.1. The van der Waals surface area contributed by atoms with Crippen LogP contribution in [0.1, 0.15) is 12.5 Å². The Bertz CT molecular complexity index is 969. The molecule has 29 heavy (non-hydrogen) atoms. The van der Waals surface area contributed by atoms with Gasteiger partial charge in [0.2, 0.25) is 0 Å². The average molecular weight is 396 g/mol. The van der Waals surface area contributed by atoms with Crippen molar-refractivity contribution in [2.45, 2.75) is 13.0 Å². The summed E-state index contributed by atoms with van der Waals surface area (Å²) in [5.74, 6) is 0.936. The van der Waals surface area contributed by atoms with E-state index in [1.54, 1.807) is 45.5 Å². The highest BCUT2D eigenvalue weighted by Crippen LogP contribution is 2.40. The number of primary amides is 1. The van der Waals surface area contributed by atoms with Crippen LogP contribution in [-0.2, 0) is 4.79 Å². The fraction of sp³-hybridized carbons (Fsp3) is 0.238. The van der Waals surface area contributed by atoms with E-state index >= 15 is 0 Å². The van der Waals surface area contributed by atoms with Gasteiger partial charge in [0.1, 0.15) is 0 Å². The first kappa shape index (κ1) is 20.1. The molecule has 1 aliphatic rings. The van der Waals surface area contributed by atoms with Crippen molar-refractivity contribution in [3.05, 3.63) is 48.0 Å². The van der Waals surface area contributed by atoms with E-state index in [2.05, 4.69) is 10.6 Å². The number of benzene rings is 2. The number of anilines is 3. The summed E-state index contributed by atoms with van der Waals surface area (Å²) in [5.41, 5.74) is 8.83. The van der Waals surface area contributed by atoms with Gasteiger partial charge in [-0.25, -0.2) is 4.79 Å². The summed E-state index contributed by atoms with van der Waals surface area (Å²) in [6.45, 7) is 1.95. The summed E-state index contributed by atoms with van der Waals surface area (Å²) in [6.07, 6.45) is 1.86. The van der Waals surface area contributed by atoms with E-state index in [0.29, 0.717) is 28.4 Å². The number of urea groups is 1. The minimum atomic E-state index is -0.526. The zero-order chi connectivity index (χ0) is 21.1. The second-order valence-corrected chi connectivity index (χ2v) is 6.66. The van der Waals surface area contributed by atoms with Gasteiger partial charge in [0.15, 0.2) is 11.5 Å². The molecule has 0 aliphatic carbocycles. The molecule has 2 aromatic rings. The third-order valence-electron chi connectivity index (χ3n) is 4.70. The number of nitrogens with one attached hydrogen (secondary N) is 2. The molecule has 0 fully saturated rings. The zero-order valence-electron chi connectivity index (χ0n) is 16.8. The van der Waals surface area contributed by atoms with E-state index in [-0.39, 0.29) is 11.9 Å². The molecule has 1 heterocycles. The van der Waals surface area contributed by atoms with Crippen molar-refractivity contribution in [2.24, 2.45) is 5.73 Å². The van der Waals surface area contributed by atoms with E-state index in [1.807, 2.05) is 25.1 Å². The smallest absolute Gasteiger partial charge is 0.318 e. The Hall–Kier alpha value is -3.68. The number of carbonyl (C=O) groups is 2. The lowest BCUT2D eigenvalue weighted by atomic mass is 10.0. The van der Waals surface area contributed by atoms with Gasteiger partial charge >= 0.3 is 6.03 Å². The fourth-order valence-electron chi connectivity index (χ4n) is 3.15. The van der Waals surface area contributed by atoms with E-state index in [0.717, 1.165) is 11.3 Å². The van der Waals surface area contributed by atoms with Crippen LogP contribution in [0.15, 0.2) is 42.5 Å². The number of hydrogen-bond acceptors (Lipinski definition) is 5. The van der Waals surface area contributed by atoms with Crippen LogP contribution in [0.2, 0.25) is 0 Å². The first-order chi connectivity index (χ1) is 13.8. The molecule has 8 nitrogen and oxygen atoms in total. The lowest BCUT2D eigenvalue weighted by Gasteiger charge is -2.16. The summed E-state index contributed by atoms with van der Waals surface area (Å²) in [5, 5.41) is 6.17. The SMILES string of the molecule is COc1cc2c(cc1OC)C(=CC(C)Nc1ccc(N(C)C(N)=O)cc1)C(=O)N2. The minimum Gasteiger partial charge on any atom is -0.493 e. The number of ether oxygens (including phenoxy) is 2. The number of carbonyl (C=O) groups excluding carboxylic acids is 2. The molecular weight excluding hydrogens is 372 g/mol. The Morgan fingerprint density at radius 2 is 1.79 bits per heavy atom. The van der Waals surface area contributed by atoms with Crippen LogP contribution in [0.3, 0.4) is 0 Å². The number of hydrogen-bond donors (Lipinski definition) is 3. The van der Waals surface area contributed by atoms with Crippen LogP contribution in [-0.4, -0.2) is 39.2 Å². The Balaban J connectivity index is 1.80. The molecule has 1 aliphatic heterocycles. The molecule has 0 radical (unpaired) electrons. The van der Waals surface area contributed by atoms with E-state index < -0.39 is 6.03 Å². The Morgan fingerprint density at radius 1 is 1.17 bits per heavy atom. The molecule has 4 N–H and O–H groups in total. The molecule has 1 atom stereocenters. The normalized spacial score (nSPS) is 14.8. The van der Waals surface area contributed by atoms with E-state index in [9.17, 15) is 9.59 Å². The number of nitrogens with zero attached hydrogens (tertiary/aromatic N) is 1. The Kier molecular flexibility index (Phi) is 5.63. The monoisotopic (exact) mass is 396 g/mol. The summed E-state index contributed by atoms with van der Waals surface area (Å²) >= 11 is 0. The Labute approximate surface area is 169 Å². The van der Waals surface area contributed by atoms with Gasteiger partial charge < -0.3 is 25.8 Å². The molecule has 152 valence electrons. The van der Waals surface area contributed by atoms with Crippen LogP contribution < -0.4 is 30.7 Å². The molecule has 8 heteroatoms. The molecule has 3 rings (SSSR count). The van der Waals surface area contributed by atoms with Gasteiger partial charge in [-0.1, -0.05) is 0 Å². The zero-order valence-corrected chi connectivity index (χ0v) is 16.8. The lowest BCUT2D eigenvalue weighted by molar-refractivity contribution is -0.110. The highest BCUT2D eigenvalue weighted by Gasteiger charge is 2.27. The largest absolute Gasteiger partial charge is 0.493 e. The van der Waals surface area contributed by atoms with Gasteiger partial charge in [0, 0.05) is 41.7 Å². The predicted octanol–water partition coefficient (Wildman–Crippen LogP) is 3.05. The average Bonchev–Trinajstić information content (AvgIpc) is 3.00. The van der Waals surface area contributed by atoms with Crippen molar-refractivity contribution < 1.29 is 19.1 Å². The van der Waals surface area contributed by atoms with Crippen molar-refractivity contribution >= 4 is 34.6 Å². The third-order valence-corrected chi connectivity index (χ3v) is 4.70. The molecule has 3 amide bonds. The maximum atomic E-state index is 12.5. The molecular formula is C21H24N4O4. The summed E-state index contributed by atoms with van der Waals surface area (Å²) < 4.78 is 10.6. The number of fused-ring (bicyclic) bond motifs is 1. The van der Waals surface area contributed by atoms with E-state index in [4.69, 9.17) is 15.2 Å². The molecule has 2 aromatic carbocycles. The molecule has 0 aromatic heterocycles. The number of methoxy groups -OCH3 is 2. The first-order valence-electron chi connectivity index (χ1n) is 9.03. The third kappa shape index (κ3) is 4.11. The summed E-state index contributed by atoms with van der Waals surface area (Å²) in [6, 6.07) is 10.2.